The van der Waals surface area contributed by atoms with Crippen LogP contribution < -0.4 is 21.3 Å². The van der Waals surface area contributed by atoms with Crippen LogP contribution in [0.3, 0.4) is 0 Å². The Labute approximate surface area is 655 Å². The van der Waals surface area contributed by atoms with E-state index in [4.69, 9.17) is 34.8 Å². The Hall–Kier alpha value is -14.8. The fourth-order valence-corrected chi connectivity index (χ4v) is 9.52. The molecule has 3 unspecified atom stereocenters. The second-order valence-electron chi connectivity index (χ2n) is 21.1. The van der Waals surface area contributed by atoms with Crippen LogP contribution in [0.2, 0.25) is 0 Å². The van der Waals surface area contributed by atoms with E-state index in [2.05, 4.69) is 317 Å². The van der Waals surface area contributed by atoms with E-state index < -0.39 is 56.8 Å². The zero-order valence-electron chi connectivity index (χ0n) is 59.9. The predicted octanol–water partition coefficient (Wildman–Crippen LogP) is 1.92. The maximum atomic E-state index is 13.3. The fraction of sp³-hybridized carbons (Fsp3) is 0.326. The Morgan fingerprint density at radius 2 is 0.883 bits per heavy atom. The second kappa shape index (κ2) is 61.5. The zero-order valence-corrected chi connectivity index (χ0v) is 61.5. The number of hydrogen-bond acceptors (Lipinski definition) is 15. The lowest BCUT2D eigenvalue weighted by Gasteiger charge is -2.30. The molecule has 0 spiro atoms. The van der Waals surface area contributed by atoms with Crippen LogP contribution >= 0.6 is 11.8 Å². The Kier molecular flexibility index (Phi) is 50.1. The van der Waals surface area contributed by atoms with Crippen molar-refractivity contribution in [3.63, 3.8) is 0 Å². The molecule has 0 saturated carbocycles. The maximum Gasteiger partial charge on any atom is 0.407 e. The lowest BCUT2D eigenvalue weighted by Crippen LogP contribution is -2.48. The molecule has 1 saturated heterocycles. The Balaban J connectivity index is 1.19. The molecule has 22 heteroatoms. The SMILES string of the molecule is C#CC#CC#CC#CC#CC#CC#CC#CC#CC#CC#CC#CC#CC#CC#CC#CC#CC#CC#CC#CC#CC#CC#CC#CC#CSC1CC(=O)N(CCOCCOCCNC(=O)O[C@H]2/C=C/CC[C@@](C)(C(=O)NCCOCCOCCNC(=O)C(CNC(=O)OC3CC/C=C/CCC3)S(=O)(=O)O)CC2)C1=O. The average molecular weight is 1510 g/mol. The van der Waals surface area contributed by atoms with Crippen LogP contribution in [0.25, 0.3) is 0 Å². The van der Waals surface area contributed by atoms with Gasteiger partial charge < -0.3 is 49.7 Å². The van der Waals surface area contributed by atoms with Crippen LogP contribution in [0, 0.1) is 301 Å². The van der Waals surface area contributed by atoms with Crippen LogP contribution in [-0.2, 0) is 57.7 Å². The number of carbonyl (C=O) groups is 6. The lowest BCUT2D eigenvalue weighted by molar-refractivity contribution is -0.139. The van der Waals surface area contributed by atoms with Gasteiger partial charge in [0, 0.05) is 227 Å². The number of carbonyl (C=O) groups excluding carboxylic acids is 6. The van der Waals surface area contributed by atoms with Crippen molar-refractivity contribution < 1.29 is 70.2 Å². The van der Waals surface area contributed by atoms with E-state index in [9.17, 15) is 41.7 Å². The van der Waals surface area contributed by atoms with E-state index in [1.807, 2.05) is 19.1 Å². The van der Waals surface area contributed by atoms with Crippen molar-refractivity contribution in [2.24, 2.45) is 5.41 Å². The normalized spacial score (nSPS) is 14.9. The summed E-state index contributed by atoms with van der Waals surface area (Å²) in [6.07, 6.45) is 16.0. The van der Waals surface area contributed by atoms with Gasteiger partial charge in [-0.15, -0.1) is 6.42 Å². The third kappa shape index (κ3) is 48.8. The van der Waals surface area contributed by atoms with Gasteiger partial charge in [-0.3, -0.25) is 28.6 Å². The summed E-state index contributed by atoms with van der Waals surface area (Å²) in [6, 6.07) is 0. The summed E-state index contributed by atoms with van der Waals surface area (Å²) in [5, 5.41) is 10.3. The largest absolute Gasteiger partial charge is 0.446 e. The molecule has 6 amide bonds. The monoisotopic (exact) mass is 1510 g/mol. The molecule has 5 N–H and O–H groups in total. The molecular formula is C89H63N5O15S2. The predicted molar refractivity (Wildman–Crippen MR) is 417 cm³/mol. The number of amides is 6. The molecule has 1 fully saturated rings. The number of allylic oxidation sites excluding steroid dienone is 3. The minimum absolute atomic E-state index is 0.00155. The van der Waals surface area contributed by atoms with Crippen LogP contribution in [0.4, 0.5) is 9.59 Å². The molecular weight excluding hydrogens is 1440 g/mol. The van der Waals surface area contributed by atoms with Crippen molar-refractivity contribution in [1.82, 2.24) is 26.2 Å². The molecule has 1 heterocycles. The third-order valence-corrected chi connectivity index (χ3v) is 15.2. The molecule has 3 rings (SSSR count). The summed E-state index contributed by atoms with van der Waals surface area (Å²) in [6.45, 7) is 2.64. The van der Waals surface area contributed by atoms with Crippen LogP contribution in [-0.4, -0.2) is 162 Å². The average Bonchev–Trinajstić information content (AvgIpc) is 1.72. The minimum atomic E-state index is -4.85. The smallest absolute Gasteiger partial charge is 0.407 e. The van der Waals surface area contributed by atoms with Crippen molar-refractivity contribution in [1.29, 1.82) is 0 Å². The first kappa shape index (κ1) is 90.4. The first-order chi connectivity index (χ1) is 54.2. The molecule has 111 heavy (non-hydrogen) atoms. The number of rotatable bonds is 26. The number of likely N-dealkylation sites (tertiary alicyclic amines) is 1. The standard InChI is InChI=1S/C89H63N5O15S2/c1-3-4-5-6-7-8-9-10-11-12-13-14-15-16-17-18-19-20-21-22-23-24-25-26-27-28-29-30-31-32-33-34-35-36-37-38-39-40-41-42-43-44-45-46-47-48-52-57-76-110-81-77-83(95)94(85(81)97)67-71-107-75-74-106-70-66-92-87(99)109-80-60-55-56-62-89(2,63-61-80)86(98)91-65-69-105-73-72-104-68-64-90-84(96)82(111(101,102)103)78-93-88(100)108-79-58-53-50-49-51-54-59-79/h1,49-50,55,60,79-82H,51,53-54,56,58-59,61-75,77-78H2,2H3,(H,90,96)(H,91,98)(H,92,99)(H,93,100)(H,101,102,103)/b50-49+,60-55+/t79?,80-,81?,82?,89+/m0/s1. The van der Waals surface area contributed by atoms with Crippen LogP contribution in [0.15, 0.2) is 24.3 Å². The third-order valence-electron chi connectivity index (χ3n) is 13.3. The fourth-order valence-electron chi connectivity index (χ4n) is 8.17. The van der Waals surface area contributed by atoms with Gasteiger partial charge in [0.05, 0.1) is 59.4 Å². The molecule has 0 bridgehead atoms. The first-order valence-electron chi connectivity index (χ1n) is 33.2. The topological polar surface area (TPSA) is 264 Å². The molecule has 0 aromatic heterocycles. The van der Waals surface area contributed by atoms with Gasteiger partial charge in [-0.05, 0) is 164 Å². The number of alkyl carbamates (subject to hydrolysis) is 2. The number of ether oxygens (including phenoxy) is 6. The van der Waals surface area contributed by atoms with E-state index >= 15 is 0 Å². The molecule has 20 nitrogen and oxygen atoms in total. The molecule has 1 aliphatic heterocycles. The van der Waals surface area contributed by atoms with Crippen molar-refractivity contribution in [2.75, 3.05) is 85.6 Å². The number of nitrogens with zero attached hydrogens (tertiary/aromatic N) is 1. The van der Waals surface area contributed by atoms with Gasteiger partial charge in [0.1, 0.15) is 17.5 Å². The summed E-state index contributed by atoms with van der Waals surface area (Å²) < 4.78 is 66.5. The molecule has 3 aliphatic rings. The van der Waals surface area contributed by atoms with E-state index in [1.165, 1.54) is 0 Å². The summed E-state index contributed by atoms with van der Waals surface area (Å²) in [4.78, 5) is 77.3. The number of hydrogen-bond donors (Lipinski definition) is 5. The number of nitrogens with one attached hydrogen (secondary N) is 4. The Morgan fingerprint density at radius 3 is 1.32 bits per heavy atom. The maximum absolute atomic E-state index is 13.3. The van der Waals surface area contributed by atoms with Gasteiger partial charge in [-0.2, -0.15) is 8.42 Å². The highest BCUT2D eigenvalue weighted by atomic mass is 32.2. The van der Waals surface area contributed by atoms with Gasteiger partial charge in [0.15, 0.2) is 5.25 Å². The first-order valence-corrected chi connectivity index (χ1v) is 35.6. The number of terminal acetylenes is 1. The highest BCUT2D eigenvalue weighted by molar-refractivity contribution is 8.05. The Bertz CT molecular complexity index is 5370. The summed E-state index contributed by atoms with van der Waals surface area (Å²) >= 11 is 0.990. The van der Waals surface area contributed by atoms with Crippen molar-refractivity contribution >= 4 is 57.7 Å². The van der Waals surface area contributed by atoms with E-state index in [-0.39, 0.29) is 109 Å². The highest BCUT2D eigenvalue weighted by Gasteiger charge is 2.39. The van der Waals surface area contributed by atoms with Crippen molar-refractivity contribution in [2.45, 2.75) is 93.8 Å². The second-order valence-corrected chi connectivity index (χ2v) is 23.7. The molecule has 0 aromatic rings. The zero-order chi connectivity index (χ0) is 79.9. The summed E-state index contributed by atoms with van der Waals surface area (Å²) in [7, 11) is -4.85. The van der Waals surface area contributed by atoms with Crippen molar-refractivity contribution in [3.8, 4) is 296 Å². The summed E-state index contributed by atoms with van der Waals surface area (Å²) in [5.74, 6) is 117. The number of imide groups is 1. The van der Waals surface area contributed by atoms with Crippen LogP contribution in [0.1, 0.15) is 71.1 Å². The molecule has 546 valence electrons. The highest BCUT2D eigenvalue weighted by Crippen LogP contribution is 2.33. The minimum Gasteiger partial charge on any atom is -0.446 e. The molecule has 0 aromatic carbocycles. The number of thioether (sulfide) groups is 1. The summed E-state index contributed by atoms with van der Waals surface area (Å²) in [5.41, 5.74) is -0.736. The molecule has 0 radical (unpaired) electrons. The Morgan fingerprint density at radius 1 is 0.486 bits per heavy atom. The van der Waals surface area contributed by atoms with Gasteiger partial charge in [-0.1, -0.05) is 36.9 Å². The van der Waals surface area contributed by atoms with Gasteiger partial charge in [-0.25, -0.2) is 9.59 Å². The molecule has 2 aliphatic carbocycles. The van der Waals surface area contributed by atoms with Crippen LogP contribution in [0.5, 0.6) is 0 Å². The quantitative estimate of drug-likeness (QED) is 0.0272. The van der Waals surface area contributed by atoms with Gasteiger partial charge in [0.2, 0.25) is 23.6 Å². The van der Waals surface area contributed by atoms with Gasteiger partial charge >= 0.3 is 12.2 Å². The van der Waals surface area contributed by atoms with Crippen molar-refractivity contribution in [3.05, 3.63) is 24.3 Å². The van der Waals surface area contributed by atoms with E-state index in [1.54, 1.807) is 6.08 Å². The van der Waals surface area contributed by atoms with E-state index in [0.29, 0.717) is 38.5 Å². The lowest BCUT2D eigenvalue weighted by atomic mass is 9.78. The van der Waals surface area contributed by atoms with Gasteiger partial charge in [0.25, 0.3) is 10.1 Å². The molecule has 5 atom stereocenters. The van der Waals surface area contributed by atoms with E-state index in [0.717, 1.165) is 35.9 Å².